The van der Waals surface area contributed by atoms with E-state index in [-0.39, 0.29) is 23.6 Å². The summed E-state index contributed by atoms with van der Waals surface area (Å²) < 4.78 is 5.30. The molecule has 2 aromatic rings. The van der Waals surface area contributed by atoms with Crippen molar-refractivity contribution in [1.29, 1.82) is 0 Å². The van der Waals surface area contributed by atoms with Crippen LogP contribution in [0.5, 0.6) is 0 Å². The third-order valence-corrected chi connectivity index (χ3v) is 5.86. The van der Waals surface area contributed by atoms with E-state index in [1.165, 1.54) is 25.3 Å². The Hall–Kier alpha value is -2.63. The zero-order valence-corrected chi connectivity index (χ0v) is 15.3. The lowest BCUT2D eigenvalue weighted by molar-refractivity contribution is -0.140. The number of para-hydroxylation sites is 1. The SMILES string of the molecule is O=C(OCC(=O)N1CCC[C@@H]2CCCC[C@H]21)c1cc(=O)[nH]c2ccccc12. The van der Waals surface area contributed by atoms with E-state index in [0.29, 0.717) is 22.9 Å². The van der Waals surface area contributed by atoms with Crippen LogP contribution in [-0.2, 0) is 9.53 Å². The molecule has 1 aromatic heterocycles. The number of rotatable bonds is 3. The highest BCUT2D eigenvalue weighted by atomic mass is 16.5. The average Bonchev–Trinajstić information content (AvgIpc) is 2.70. The summed E-state index contributed by atoms with van der Waals surface area (Å²) in [5.41, 5.74) is 0.397. The van der Waals surface area contributed by atoms with Crippen molar-refractivity contribution in [3.63, 3.8) is 0 Å². The Kier molecular flexibility index (Phi) is 4.97. The fourth-order valence-corrected chi connectivity index (χ4v) is 4.60. The van der Waals surface area contributed by atoms with Gasteiger partial charge in [0.1, 0.15) is 0 Å². The molecule has 0 bridgehead atoms. The first kappa shape index (κ1) is 17.8. The van der Waals surface area contributed by atoms with Crippen molar-refractivity contribution in [2.75, 3.05) is 13.2 Å². The molecule has 1 aromatic carbocycles. The number of amides is 1. The van der Waals surface area contributed by atoms with Gasteiger partial charge in [-0.05, 0) is 37.7 Å². The Morgan fingerprint density at radius 2 is 1.89 bits per heavy atom. The molecule has 2 atom stereocenters. The number of likely N-dealkylation sites (tertiary alicyclic amines) is 1. The van der Waals surface area contributed by atoms with Crippen LogP contribution in [0.3, 0.4) is 0 Å². The van der Waals surface area contributed by atoms with E-state index < -0.39 is 5.97 Å². The van der Waals surface area contributed by atoms with Gasteiger partial charge in [0.2, 0.25) is 5.56 Å². The molecule has 1 amide bonds. The summed E-state index contributed by atoms with van der Waals surface area (Å²) in [6.45, 7) is 0.467. The van der Waals surface area contributed by atoms with Gasteiger partial charge in [0.25, 0.3) is 5.91 Å². The number of benzene rings is 1. The van der Waals surface area contributed by atoms with Gasteiger partial charge in [-0.25, -0.2) is 4.79 Å². The molecule has 0 radical (unpaired) electrons. The number of esters is 1. The van der Waals surface area contributed by atoms with E-state index in [1.54, 1.807) is 24.3 Å². The van der Waals surface area contributed by atoms with E-state index in [2.05, 4.69) is 4.98 Å². The zero-order chi connectivity index (χ0) is 18.8. The predicted molar refractivity (Wildman–Crippen MR) is 102 cm³/mol. The summed E-state index contributed by atoms with van der Waals surface area (Å²) in [5, 5.41) is 0.611. The molecule has 2 heterocycles. The molecule has 1 saturated carbocycles. The quantitative estimate of drug-likeness (QED) is 0.845. The maximum Gasteiger partial charge on any atom is 0.339 e. The third kappa shape index (κ3) is 3.61. The molecular weight excluding hydrogens is 344 g/mol. The van der Waals surface area contributed by atoms with Gasteiger partial charge in [0, 0.05) is 29.6 Å². The number of carbonyl (C=O) groups is 2. The van der Waals surface area contributed by atoms with Crippen LogP contribution >= 0.6 is 0 Å². The second-order valence-electron chi connectivity index (χ2n) is 7.51. The van der Waals surface area contributed by atoms with Crippen LogP contribution in [0, 0.1) is 5.92 Å². The average molecular weight is 368 g/mol. The van der Waals surface area contributed by atoms with Crippen molar-refractivity contribution in [1.82, 2.24) is 9.88 Å². The van der Waals surface area contributed by atoms with Crippen LogP contribution in [-0.4, -0.2) is 41.0 Å². The van der Waals surface area contributed by atoms with Gasteiger partial charge >= 0.3 is 5.97 Å². The molecule has 1 N–H and O–H groups in total. The first-order valence-corrected chi connectivity index (χ1v) is 9.72. The minimum Gasteiger partial charge on any atom is -0.452 e. The molecular formula is C21H24N2O4. The number of H-pyrrole nitrogens is 1. The Morgan fingerprint density at radius 1 is 1.11 bits per heavy atom. The van der Waals surface area contributed by atoms with Crippen molar-refractivity contribution in [2.24, 2.45) is 5.92 Å². The first-order chi connectivity index (χ1) is 13.1. The fraction of sp³-hybridized carbons (Fsp3) is 0.476. The summed E-state index contributed by atoms with van der Waals surface area (Å²) in [7, 11) is 0. The molecule has 1 aliphatic carbocycles. The van der Waals surface area contributed by atoms with Crippen molar-refractivity contribution >= 4 is 22.8 Å². The number of hydrogen-bond acceptors (Lipinski definition) is 4. The maximum absolute atomic E-state index is 12.7. The minimum atomic E-state index is -0.636. The molecule has 2 aliphatic rings. The predicted octanol–water partition coefficient (Wildman–Crippen LogP) is 2.87. The normalized spacial score (nSPS) is 22.3. The van der Waals surface area contributed by atoms with Gasteiger partial charge in [0.05, 0.1) is 5.56 Å². The Labute approximate surface area is 157 Å². The topological polar surface area (TPSA) is 79.5 Å². The highest BCUT2D eigenvalue weighted by Crippen LogP contribution is 2.35. The first-order valence-electron chi connectivity index (χ1n) is 9.72. The van der Waals surface area contributed by atoms with Crippen LogP contribution in [0.1, 0.15) is 48.9 Å². The Balaban J connectivity index is 1.46. The number of fused-ring (bicyclic) bond motifs is 2. The number of piperidine rings is 1. The summed E-state index contributed by atoms with van der Waals surface area (Å²) in [5.74, 6) is -0.180. The van der Waals surface area contributed by atoms with Gasteiger partial charge < -0.3 is 14.6 Å². The van der Waals surface area contributed by atoms with Gasteiger partial charge in [-0.15, -0.1) is 0 Å². The monoisotopic (exact) mass is 368 g/mol. The van der Waals surface area contributed by atoms with Crippen LogP contribution in [0.25, 0.3) is 10.9 Å². The summed E-state index contributed by atoms with van der Waals surface area (Å²) >= 11 is 0. The second-order valence-corrected chi connectivity index (χ2v) is 7.51. The van der Waals surface area contributed by atoms with Gasteiger partial charge in [-0.3, -0.25) is 9.59 Å². The molecule has 142 valence electrons. The Morgan fingerprint density at radius 3 is 2.78 bits per heavy atom. The largest absolute Gasteiger partial charge is 0.452 e. The minimum absolute atomic E-state index is 0.130. The number of aromatic nitrogens is 1. The van der Waals surface area contributed by atoms with Gasteiger partial charge in [-0.1, -0.05) is 31.0 Å². The number of nitrogens with one attached hydrogen (secondary N) is 1. The lowest BCUT2D eigenvalue weighted by Crippen LogP contribution is -2.50. The number of hydrogen-bond donors (Lipinski definition) is 1. The van der Waals surface area contributed by atoms with Gasteiger partial charge in [0.15, 0.2) is 6.61 Å². The van der Waals surface area contributed by atoms with Crippen molar-refractivity contribution in [3.05, 3.63) is 46.2 Å². The molecule has 1 aliphatic heterocycles. The van der Waals surface area contributed by atoms with E-state index in [9.17, 15) is 14.4 Å². The van der Waals surface area contributed by atoms with Crippen molar-refractivity contribution < 1.29 is 14.3 Å². The smallest absolute Gasteiger partial charge is 0.339 e. The second kappa shape index (κ2) is 7.55. The van der Waals surface area contributed by atoms with Crippen LogP contribution in [0.15, 0.2) is 35.1 Å². The zero-order valence-electron chi connectivity index (χ0n) is 15.3. The summed E-state index contributed by atoms with van der Waals surface area (Å²) in [6, 6.07) is 8.58. The summed E-state index contributed by atoms with van der Waals surface area (Å²) in [4.78, 5) is 41.7. The molecule has 2 fully saturated rings. The fourth-order valence-electron chi connectivity index (χ4n) is 4.60. The molecule has 6 nitrogen and oxygen atoms in total. The molecule has 4 rings (SSSR count). The number of nitrogens with zero attached hydrogens (tertiary/aromatic N) is 1. The van der Waals surface area contributed by atoms with Gasteiger partial charge in [-0.2, -0.15) is 0 Å². The molecule has 27 heavy (non-hydrogen) atoms. The van der Waals surface area contributed by atoms with E-state index in [1.807, 2.05) is 4.90 Å². The Bertz CT molecular complexity index is 918. The number of ether oxygens (including phenoxy) is 1. The molecule has 0 spiro atoms. The summed E-state index contributed by atoms with van der Waals surface area (Å²) in [6.07, 6.45) is 6.83. The van der Waals surface area contributed by atoms with Crippen molar-refractivity contribution in [2.45, 2.75) is 44.6 Å². The van der Waals surface area contributed by atoms with Crippen LogP contribution in [0.2, 0.25) is 0 Å². The van der Waals surface area contributed by atoms with E-state index in [4.69, 9.17) is 4.74 Å². The standard InChI is InChI=1S/C21H24N2O4/c24-19-12-16(15-8-2-3-9-17(15)22-19)21(26)27-13-20(25)23-11-5-7-14-6-1-4-10-18(14)23/h2-3,8-9,12,14,18H,1,4-7,10-11,13H2,(H,22,24)/t14-,18+/m0/s1. The molecule has 1 saturated heterocycles. The van der Waals surface area contributed by atoms with E-state index >= 15 is 0 Å². The van der Waals surface area contributed by atoms with Crippen LogP contribution < -0.4 is 5.56 Å². The lowest BCUT2D eigenvalue weighted by atomic mass is 9.78. The number of pyridine rings is 1. The maximum atomic E-state index is 12.7. The highest BCUT2D eigenvalue weighted by Gasteiger charge is 2.35. The lowest BCUT2D eigenvalue weighted by Gasteiger charge is -2.44. The highest BCUT2D eigenvalue weighted by molar-refractivity contribution is 6.03. The third-order valence-electron chi connectivity index (χ3n) is 5.86. The van der Waals surface area contributed by atoms with Crippen LogP contribution in [0.4, 0.5) is 0 Å². The van der Waals surface area contributed by atoms with Crippen molar-refractivity contribution in [3.8, 4) is 0 Å². The molecule has 0 unspecified atom stereocenters. The number of aromatic amines is 1. The number of carbonyl (C=O) groups excluding carboxylic acids is 2. The molecule has 6 heteroatoms. The van der Waals surface area contributed by atoms with E-state index in [0.717, 1.165) is 25.8 Å².